The molecule has 2 rings (SSSR count). The van der Waals surface area contributed by atoms with Crippen LogP contribution in [0, 0.1) is 0 Å². The maximum absolute atomic E-state index is 11.3. The number of hydrogen-bond acceptors (Lipinski definition) is 5. The van der Waals surface area contributed by atoms with Gasteiger partial charge in [-0.15, -0.1) is 0 Å². The van der Waals surface area contributed by atoms with Gasteiger partial charge in [-0.05, 0) is 13.0 Å². The van der Waals surface area contributed by atoms with Gasteiger partial charge in [0, 0.05) is 17.1 Å². The molecule has 0 spiro atoms. The second kappa shape index (κ2) is 6.45. The van der Waals surface area contributed by atoms with Crippen molar-refractivity contribution in [2.45, 2.75) is 25.6 Å². The van der Waals surface area contributed by atoms with Crippen LogP contribution in [0.15, 0.2) is 36.5 Å². The van der Waals surface area contributed by atoms with Gasteiger partial charge in [0.15, 0.2) is 0 Å². The lowest BCUT2D eigenvalue weighted by Gasteiger charge is -2.18. The van der Waals surface area contributed by atoms with Gasteiger partial charge in [0.25, 0.3) is 0 Å². The Labute approximate surface area is 116 Å². The number of hydrogen-bond donors (Lipinski definition) is 2. The Bertz CT molecular complexity index is 594. The van der Waals surface area contributed by atoms with Crippen molar-refractivity contribution in [1.29, 1.82) is 0 Å². The second-order valence-electron chi connectivity index (χ2n) is 4.44. The molecule has 2 N–H and O–H groups in total. The van der Waals surface area contributed by atoms with E-state index in [2.05, 4.69) is 4.98 Å². The van der Waals surface area contributed by atoms with E-state index in [0.29, 0.717) is 11.1 Å². The summed E-state index contributed by atoms with van der Waals surface area (Å²) in [6.45, 7) is 1.94. The molecule has 0 aliphatic rings. The molecule has 2 atom stereocenters. The Hall–Kier alpha value is -1.98. The number of rotatable bonds is 5. The highest BCUT2D eigenvalue weighted by atomic mass is 16.5. The number of fused-ring (bicyclic) bond motifs is 1. The highest BCUT2D eigenvalue weighted by molar-refractivity contribution is 5.82. The second-order valence-corrected chi connectivity index (χ2v) is 4.44. The van der Waals surface area contributed by atoms with Gasteiger partial charge in [0.1, 0.15) is 6.10 Å². The zero-order valence-corrected chi connectivity index (χ0v) is 11.2. The summed E-state index contributed by atoms with van der Waals surface area (Å²) >= 11 is 0. The van der Waals surface area contributed by atoms with Crippen LogP contribution < -0.4 is 0 Å². The normalized spacial score (nSPS) is 13.9. The van der Waals surface area contributed by atoms with Gasteiger partial charge in [-0.1, -0.05) is 24.3 Å². The third-order valence-corrected chi connectivity index (χ3v) is 3.03. The number of aliphatic hydroxyl groups excluding tert-OH is 2. The molecule has 2 unspecified atom stereocenters. The zero-order valence-electron chi connectivity index (χ0n) is 11.2. The molecule has 20 heavy (non-hydrogen) atoms. The molecule has 0 aliphatic heterocycles. The summed E-state index contributed by atoms with van der Waals surface area (Å²) in [6.07, 6.45) is -1.03. The van der Waals surface area contributed by atoms with Gasteiger partial charge in [-0.2, -0.15) is 0 Å². The van der Waals surface area contributed by atoms with Crippen LogP contribution in [-0.2, 0) is 9.53 Å². The van der Waals surface area contributed by atoms with E-state index >= 15 is 0 Å². The number of esters is 1. The van der Waals surface area contributed by atoms with Crippen LogP contribution in [0.4, 0.5) is 0 Å². The van der Waals surface area contributed by atoms with Crippen molar-refractivity contribution in [3.8, 4) is 0 Å². The number of aliphatic hydroxyl groups is 2. The largest absolute Gasteiger partial charge is 0.466 e. The van der Waals surface area contributed by atoms with Crippen molar-refractivity contribution >= 4 is 16.9 Å². The van der Waals surface area contributed by atoms with Crippen LogP contribution in [0.2, 0.25) is 0 Å². The predicted molar refractivity (Wildman–Crippen MR) is 74.0 cm³/mol. The lowest BCUT2D eigenvalue weighted by atomic mass is 9.99. The number of carbonyl (C=O) groups excluding carboxylic acids is 1. The predicted octanol–water partition coefficient (Wildman–Crippen LogP) is 1.58. The van der Waals surface area contributed by atoms with E-state index in [-0.39, 0.29) is 13.0 Å². The molecule has 0 bridgehead atoms. The lowest BCUT2D eigenvalue weighted by molar-refractivity contribution is -0.147. The maximum atomic E-state index is 11.3. The van der Waals surface area contributed by atoms with Crippen molar-refractivity contribution in [1.82, 2.24) is 4.98 Å². The third-order valence-electron chi connectivity index (χ3n) is 3.03. The molecule has 1 aromatic heterocycles. The van der Waals surface area contributed by atoms with Gasteiger partial charge in [-0.3, -0.25) is 9.78 Å². The Morgan fingerprint density at radius 1 is 1.30 bits per heavy atom. The van der Waals surface area contributed by atoms with Crippen LogP contribution in [0.5, 0.6) is 0 Å². The van der Waals surface area contributed by atoms with Crippen LogP contribution in [-0.4, -0.2) is 33.9 Å². The van der Waals surface area contributed by atoms with E-state index in [0.717, 1.165) is 5.39 Å². The van der Waals surface area contributed by atoms with E-state index in [9.17, 15) is 15.0 Å². The van der Waals surface area contributed by atoms with Gasteiger partial charge in [0.2, 0.25) is 0 Å². The molecule has 0 fully saturated rings. The number of carbonyl (C=O) groups is 1. The topological polar surface area (TPSA) is 79.7 Å². The van der Waals surface area contributed by atoms with Crippen molar-refractivity contribution in [3.63, 3.8) is 0 Å². The minimum Gasteiger partial charge on any atom is -0.466 e. The van der Waals surface area contributed by atoms with Crippen LogP contribution in [0.1, 0.15) is 25.0 Å². The van der Waals surface area contributed by atoms with Gasteiger partial charge < -0.3 is 14.9 Å². The summed E-state index contributed by atoms with van der Waals surface area (Å²) in [6, 6.07) is 9.01. The molecule has 2 aromatic rings. The Morgan fingerprint density at radius 2 is 2.05 bits per heavy atom. The Morgan fingerprint density at radius 3 is 2.80 bits per heavy atom. The van der Waals surface area contributed by atoms with Crippen LogP contribution in [0.3, 0.4) is 0 Å². The molecule has 0 amide bonds. The fraction of sp³-hybridized carbons (Fsp3) is 0.333. The fourth-order valence-corrected chi connectivity index (χ4v) is 2.08. The first kappa shape index (κ1) is 14.4. The van der Waals surface area contributed by atoms with Gasteiger partial charge in [-0.25, -0.2) is 0 Å². The SMILES string of the molecule is CCOC(=O)CC(O)C(O)c1cccc2cccnc12. The molecule has 0 saturated carbocycles. The van der Waals surface area contributed by atoms with Crippen LogP contribution >= 0.6 is 0 Å². The standard InChI is InChI=1S/C15H17NO4/c1-2-20-13(18)9-12(17)15(19)11-7-3-5-10-6-4-8-16-14(10)11/h3-8,12,15,17,19H,2,9H2,1H3. The molecule has 5 nitrogen and oxygen atoms in total. The van der Waals surface area contributed by atoms with E-state index in [1.807, 2.05) is 12.1 Å². The number of para-hydroxylation sites is 1. The van der Waals surface area contributed by atoms with Crippen molar-refractivity contribution in [3.05, 3.63) is 42.1 Å². The number of benzene rings is 1. The maximum Gasteiger partial charge on any atom is 0.308 e. The Balaban J connectivity index is 2.22. The summed E-state index contributed by atoms with van der Waals surface area (Å²) in [7, 11) is 0. The number of ether oxygens (including phenoxy) is 1. The smallest absolute Gasteiger partial charge is 0.308 e. The van der Waals surface area contributed by atoms with E-state index < -0.39 is 18.2 Å². The number of aromatic nitrogens is 1. The number of nitrogens with zero attached hydrogens (tertiary/aromatic N) is 1. The third kappa shape index (κ3) is 3.12. The highest BCUT2D eigenvalue weighted by Crippen LogP contribution is 2.25. The molecule has 5 heteroatoms. The molecule has 0 aliphatic carbocycles. The van der Waals surface area contributed by atoms with Gasteiger partial charge in [0.05, 0.1) is 24.6 Å². The average molecular weight is 275 g/mol. The lowest BCUT2D eigenvalue weighted by Crippen LogP contribution is -2.23. The molecule has 0 radical (unpaired) electrons. The van der Waals surface area contributed by atoms with E-state index in [1.165, 1.54) is 0 Å². The van der Waals surface area contributed by atoms with Crippen molar-refractivity contribution in [2.24, 2.45) is 0 Å². The molecular formula is C15H17NO4. The Kier molecular flexibility index (Phi) is 4.65. The highest BCUT2D eigenvalue weighted by Gasteiger charge is 2.23. The summed E-state index contributed by atoms with van der Waals surface area (Å²) in [5, 5.41) is 21.0. The molecule has 1 heterocycles. The minimum atomic E-state index is -1.22. The summed E-state index contributed by atoms with van der Waals surface area (Å²) in [5.74, 6) is -0.535. The van der Waals surface area contributed by atoms with Crippen molar-refractivity contribution < 1.29 is 19.7 Å². The first-order chi connectivity index (χ1) is 9.63. The monoisotopic (exact) mass is 275 g/mol. The molecule has 106 valence electrons. The van der Waals surface area contributed by atoms with Gasteiger partial charge >= 0.3 is 5.97 Å². The molecule has 0 saturated heterocycles. The minimum absolute atomic E-state index is 0.247. The first-order valence-electron chi connectivity index (χ1n) is 6.49. The van der Waals surface area contributed by atoms with Crippen molar-refractivity contribution in [2.75, 3.05) is 6.61 Å². The van der Waals surface area contributed by atoms with E-state index in [1.54, 1.807) is 31.3 Å². The summed E-state index contributed by atoms with van der Waals surface area (Å²) in [5.41, 5.74) is 1.12. The summed E-state index contributed by atoms with van der Waals surface area (Å²) < 4.78 is 4.76. The molecule has 1 aromatic carbocycles. The zero-order chi connectivity index (χ0) is 14.5. The first-order valence-corrected chi connectivity index (χ1v) is 6.49. The van der Waals surface area contributed by atoms with E-state index in [4.69, 9.17) is 4.74 Å². The quantitative estimate of drug-likeness (QED) is 0.810. The summed E-state index contributed by atoms with van der Waals surface area (Å²) in [4.78, 5) is 15.6. The van der Waals surface area contributed by atoms with Crippen LogP contribution in [0.25, 0.3) is 10.9 Å². The average Bonchev–Trinajstić information content (AvgIpc) is 2.46. The molecular weight excluding hydrogens is 258 g/mol. The fourth-order valence-electron chi connectivity index (χ4n) is 2.08. The number of pyridine rings is 1.